The van der Waals surface area contributed by atoms with Gasteiger partial charge in [-0.1, -0.05) is 12.7 Å². The van der Waals surface area contributed by atoms with E-state index in [-0.39, 0.29) is 18.4 Å². The summed E-state index contributed by atoms with van der Waals surface area (Å²) in [6.45, 7) is 3.61. The average Bonchev–Trinajstić information content (AvgIpc) is 3.47. The Kier molecular flexibility index (Phi) is 5.96. The minimum atomic E-state index is -0.592. The zero-order valence-electron chi connectivity index (χ0n) is 18.7. The van der Waals surface area contributed by atoms with Crippen LogP contribution in [0.4, 0.5) is 21.9 Å². The first-order valence-corrected chi connectivity index (χ1v) is 10.4. The Balaban J connectivity index is 1.53. The van der Waals surface area contributed by atoms with Gasteiger partial charge in [0.25, 0.3) is 11.8 Å². The number of nitrogen functional groups attached to an aromatic ring is 1. The molecule has 0 fully saturated rings. The van der Waals surface area contributed by atoms with Gasteiger partial charge in [0.15, 0.2) is 0 Å². The number of nitrogens with two attached hydrogens (primary N) is 1. The molecule has 2 amide bonds. The molecule has 0 aliphatic carbocycles. The largest absolute Gasteiger partial charge is 0.445 e. The van der Waals surface area contributed by atoms with Gasteiger partial charge in [0, 0.05) is 43.8 Å². The summed E-state index contributed by atoms with van der Waals surface area (Å²) in [6, 6.07) is 10.1. The van der Waals surface area contributed by atoms with E-state index in [9.17, 15) is 14.4 Å². The van der Waals surface area contributed by atoms with Crippen molar-refractivity contribution >= 4 is 45.9 Å². The van der Waals surface area contributed by atoms with Gasteiger partial charge >= 0.3 is 6.09 Å². The molecule has 0 aliphatic rings. The smallest absolute Gasteiger partial charge is 0.411 e. The van der Waals surface area contributed by atoms with E-state index in [0.717, 1.165) is 5.39 Å². The molecule has 0 saturated carbocycles. The van der Waals surface area contributed by atoms with E-state index in [1.165, 1.54) is 10.6 Å². The number of carbonyl (C=O) groups is 3. The van der Waals surface area contributed by atoms with Crippen molar-refractivity contribution in [2.24, 2.45) is 14.1 Å². The second kappa shape index (κ2) is 9.02. The van der Waals surface area contributed by atoms with Crippen molar-refractivity contribution in [3.63, 3.8) is 0 Å². The summed E-state index contributed by atoms with van der Waals surface area (Å²) in [7, 11) is 3.46. The Morgan fingerprint density at radius 1 is 1.00 bits per heavy atom. The molecule has 0 atom stereocenters. The Bertz CT molecular complexity index is 1420. The highest BCUT2D eigenvalue weighted by molar-refractivity contribution is 6.06. The Morgan fingerprint density at radius 2 is 1.76 bits per heavy atom. The van der Waals surface area contributed by atoms with Crippen LogP contribution in [0.15, 0.2) is 67.6 Å². The third-order valence-corrected chi connectivity index (χ3v) is 5.23. The number of anilines is 3. The molecular weight excluding hydrogens is 436 g/mol. The van der Waals surface area contributed by atoms with E-state index in [1.807, 2.05) is 0 Å². The molecule has 10 heteroatoms. The first-order chi connectivity index (χ1) is 16.3. The van der Waals surface area contributed by atoms with Crippen molar-refractivity contribution in [3.8, 4) is 0 Å². The van der Waals surface area contributed by atoms with E-state index >= 15 is 0 Å². The van der Waals surface area contributed by atoms with Gasteiger partial charge in [-0.3, -0.25) is 19.5 Å². The van der Waals surface area contributed by atoms with Crippen LogP contribution in [0.25, 0.3) is 10.9 Å². The van der Waals surface area contributed by atoms with E-state index in [1.54, 1.807) is 78.2 Å². The maximum Gasteiger partial charge on any atom is 0.411 e. The van der Waals surface area contributed by atoms with E-state index in [0.29, 0.717) is 34.0 Å². The molecular formula is C24H24N6O4. The van der Waals surface area contributed by atoms with E-state index in [2.05, 4.69) is 17.2 Å². The quantitative estimate of drug-likeness (QED) is 0.379. The monoisotopic (exact) mass is 460 g/mol. The van der Waals surface area contributed by atoms with Crippen molar-refractivity contribution < 1.29 is 19.1 Å². The molecule has 3 aromatic heterocycles. The molecule has 34 heavy (non-hydrogen) atoms. The molecule has 10 nitrogen and oxygen atoms in total. The van der Waals surface area contributed by atoms with Crippen molar-refractivity contribution in [2.75, 3.05) is 23.0 Å². The van der Waals surface area contributed by atoms with Crippen molar-refractivity contribution in [1.29, 1.82) is 0 Å². The van der Waals surface area contributed by atoms with Gasteiger partial charge < -0.3 is 24.9 Å². The molecule has 4 rings (SSSR count). The highest BCUT2D eigenvalue weighted by Crippen LogP contribution is 2.23. The number of hydrogen-bond acceptors (Lipinski definition) is 5. The van der Waals surface area contributed by atoms with Crippen molar-refractivity contribution in [3.05, 3.63) is 79.0 Å². The number of carbonyl (C=O) groups excluding carboxylic acids is 3. The number of fused-ring (bicyclic) bond motifs is 1. The molecule has 0 saturated heterocycles. The number of benzene rings is 1. The molecule has 174 valence electrons. The number of aryl methyl sites for hydroxylation is 2. The van der Waals surface area contributed by atoms with Crippen LogP contribution < -0.4 is 16.4 Å². The van der Waals surface area contributed by atoms with Gasteiger partial charge in [0.05, 0.1) is 16.9 Å². The lowest BCUT2D eigenvalue weighted by molar-refractivity contribution is 0.0955. The van der Waals surface area contributed by atoms with Gasteiger partial charge in [-0.2, -0.15) is 0 Å². The highest BCUT2D eigenvalue weighted by Gasteiger charge is 2.18. The number of nitrogens with one attached hydrogen (secondary N) is 2. The number of aromatic nitrogens is 3. The minimum Gasteiger partial charge on any atom is -0.445 e. The molecule has 0 spiro atoms. The zero-order valence-corrected chi connectivity index (χ0v) is 18.7. The Hall–Kier alpha value is -4.73. The summed E-state index contributed by atoms with van der Waals surface area (Å²) in [5.41, 5.74) is 8.72. The van der Waals surface area contributed by atoms with Crippen LogP contribution in [0.1, 0.15) is 21.0 Å². The van der Waals surface area contributed by atoms with E-state index < -0.39 is 6.09 Å². The fourth-order valence-electron chi connectivity index (χ4n) is 3.67. The number of ether oxygens (including phenoxy) is 1. The van der Waals surface area contributed by atoms with E-state index in [4.69, 9.17) is 10.5 Å². The first kappa shape index (κ1) is 22.5. The number of hydrogen-bond donors (Lipinski definition) is 3. The second-order valence-electron chi connectivity index (χ2n) is 7.73. The molecule has 0 radical (unpaired) electrons. The van der Waals surface area contributed by atoms with Gasteiger partial charge in [-0.25, -0.2) is 4.79 Å². The predicted molar refractivity (Wildman–Crippen MR) is 130 cm³/mol. The number of nitrogens with zero attached hydrogens (tertiary/aromatic N) is 3. The normalized spacial score (nSPS) is 10.8. The summed E-state index contributed by atoms with van der Waals surface area (Å²) >= 11 is 0. The minimum absolute atomic E-state index is 0.108. The van der Waals surface area contributed by atoms with Crippen LogP contribution in [-0.2, 0) is 18.8 Å². The van der Waals surface area contributed by atoms with Crippen LogP contribution in [0.2, 0.25) is 0 Å². The number of rotatable bonds is 6. The molecule has 0 bridgehead atoms. The molecule has 4 aromatic rings. The summed E-state index contributed by atoms with van der Waals surface area (Å²) in [5, 5.41) is 6.19. The fraction of sp³-hybridized carbons (Fsp3) is 0.125. The third kappa shape index (κ3) is 4.42. The lowest BCUT2D eigenvalue weighted by Gasteiger charge is -2.07. The standard InChI is InChI=1S/C24H24N6O4/c1-4-9-34-24(33)27-17-5-6-19-15(10-17)7-8-30(19)23(32)21-12-18(14-29(21)3)26-22(31)20-11-16(25)13-28(20)2/h4-8,10-14H,1,9,25H2,2-3H3,(H,26,31)(H,27,33). The van der Waals surface area contributed by atoms with Crippen LogP contribution in [-0.4, -0.2) is 38.2 Å². The summed E-state index contributed by atoms with van der Waals surface area (Å²) in [5.74, 6) is -0.603. The number of amides is 2. The van der Waals surface area contributed by atoms with Gasteiger partial charge in [0.1, 0.15) is 18.0 Å². The van der Waals surface area contributed by atoms with Crippen LogP contribution in [0.3, 0.4) is 0 Å². The second-order valence-corrected chi connectivity index (χ2v) is 7.73. The Labute approximate surface area is 195 Å². The molecule has 3 heterocycles. The molecule has 0 aliphatic heterocycles. The van der Waals surface area contributed by atoms with Crippen molar-refractivity contribution in [1.82, 2.24) is 13.7 Å². The summed E-state index contributed by atoms with van der Waals surface area (Å²) < 4.78 is 9.71. The molecule has 0 unspecified atom stereocenters. The van der Waals surface area contributed by atoms with Gasteiger partial charge in [-0.05, 0) is 36.4 Å². The first-order valence-electron chi connectivity index (χ1n) is 10.4. The maximum absolute atomic E-state index is 13.3. The molecule has 1 aromatic carbocycles. The van der Waals surface area contributed by atoms with Crippen LogP contribution in [0, 0.1) is 0 Å². The summed E-state index contributed by atoms with van der Waals surface area (Å²) in [4.78, 5) is 37.6. The lowest BCUT2D eigenvalue weighted by atomic mass is 10.2. The van der Waals surface area contributed by atoms with Gasteiger partial charge in [-0.15, -0.1) is 0 Å². The average molecular weight is 460 g/mol. The van der Waals surface area contributed by atoms with Gasteiger partial charge in [0.2, 0.25) is 0 Å². The lowest BCUT2D eigenvalue weighted by Crippen LogP contribution is -2.15. The molecule has 4 N–H and O–H groups in total. The SMILES string of the molecule is C=CCOC(=O)Nc1ccc2c(ccn2C(=O)c2cc(NC(=O)c3cc(N)cn3C)cn2C)c1. The highest BCUT2D eigenvalue weighted by atomic mass is 16.5. The van der Waals surface area contributed by atoms with Crippen LogP contribution in [0.5, 0.6) is 0 Å². The zero-order chi connectivity index (χ0) is 24.4. The Morgan fingerprint density at radius 3 is 2.47 bits per heavy atom. The predicted octanol–water partition coefficient (Wildman–Crippen LogP) is 3.58. The maximum atomic E-state index is 13.3. The van der Waals surface area contributed by atoms with Crippen LogP contribution >= 0.6 is 0 Å². The summed E-state index contributed by atoms with van der Waals surface area (Å²) in [6.07, 6.45) is 5.86. The topological polar surface area (TPSA) is 125 Å². The third-order valence-electron chi connectivity index (χ3n) is 5.23. The van der Waals surface area contributed by atoms with Crippen molar-refractivity contribution in [2.45, 2.75) is 0 Å². The fourth-order valence-corrected chi connectivity index (χ4v) is 3.67.